The third kappa shape index (κ3) is 8.20. The molecule has 0 spiro atoms. The average Bonchev–Trinajstić information content (AvgIpc) is 2.47. The first-order chi connectivity index (χ1) is 11.2. The van der Waals surface area contributed by atoms with E-state index in [2.05, 4.69) is 10.1 Å². The number of halogens is 8. The number of nitrogens with one attached hydrogen (secondary N) is 1. The van der Waals surface area contributed by atoms with Crippen molar-refractivity contribution in [1.82, 2.24) is 10.2 Å². The number of para-hydroxylation sites is 1. The van der Waals surface area contributed by atoms with Gasteiger partial charge in [-0.05, 0) is 12.5 Å². The smallest absolute Gasteiger partial charge is 0.405 e. The molecule has 11 heteroatoms. The Kier molecular flexibility index (Phi) is 10.1. The molecule has 1 atom stereocenters. The second-order valence-corrected chi connectivity index (χ2v) is 5.54. The van der Waals surface area contributed by atoms with Gasteiger partial charge < -0.3 is 10.1 Å². The Labute approximate surface area is 159 Å². The minimum atomic E-state index is -4.89. The largest absolute Gasteiger partial charge is 0.573 e. The van der Waals surface area contributed by atoms with Crippen molar-refractivity contribution in [3.63, 3.8) is 0 Å². The summed E-state index contributed by atoms with van der Waals surface area (Å²) < 4.78 is 79.6. The number of alkyl halides is 6. The predicted octanol–water partition coefficient (Wildman–Crippen LogP) is 4.72. The van der Waals surface area contributed by atoms with Crippen molar-refractivity contribution in [2.24, 2.45) is 0 Å². The normalized spacial score (nSPS) is 17.0. The monoisotopic (exact) mass is 428 g/mol. The fourth-order valence-electron chi connectivity index (χ4n) is 2.80. The van der Waals surface area contributed by atoms with E-state index in [1.54, 1.807) is 4.90 Å². The van der Waals surface area contributed by atoms with E-state index in [1.165, 1.54) is 18.2 Å². The second kappa shape index (κ2) is 10.4. The van der Waals surface area contributed by atoms with Gasteiger partial charge in [-0.2, -0.15) is 13.2 Å². The molecule has 1 aliphatic heterocycles. The highest BCUT2D eigenvalue weighted by molar-refractivity contribution is 5.85. The molecule has 1 N–H and O–H groups in total. The Morgan fingerprint density at radius 3 is 2.12 bits per heavy atom. The fourth-order valence-corrected chi connectivity index (χ4v) is 2.80. The number of nitrogens with zero attached hydrogens (tertiary/aromatic N) is 1. The van der Waals surface area contributed by atoms with Gasteiger partial charge in [-0.25, -0.2) is 0 Å². The van der Waals surface area contributed by atoms with Crippen molar-refractivity contribution in [2.75, 3.05) is 26.2 Å². The maximum Gasteiger partial charge on any atom is 0.573 e. The number of ether oxygens (including phenoxy) is 1. The van der Waals surface area contributed by atoms with Crippen LogP contribution in [0.4, 0.5) is 26.3 Å². The Balaban J connectivity index is 0.00000312. The lowest BCUT2D eigenvalue weighted by atomic mass is 9.98. The van der Waals surface area contributed by atoms with Gasteiger partial charge in [0.25, 0.3) is 0 Å². The number of rotatable bonds is 5. The summed E-state index contributed by atoms with van der Waals surface area (Å²) in [6.45, 7) is 2.07. The molecule has 3 nitrogen and oxygen atoms in total. The van der Waals surface area contributed by atoms with Gasteiger partial charge in [0.2, 0.25) is 0 Å². The van der Waals surface area contributed by atoms with Crippen LogP contribution in [0.3, 0.4) is 0 Å². The lowest BCUT2D eigenvalue weighted by molar-refractivity contribution is -0.275. The van der Waals surface area contributed by atoms with Gasteiger partial charge in [0, 0.05) is 44.2 Å². The summed E-state index contributed by atoms with van der Waals surface area (Å²) >= 11 is 0. The minimum absolute atomic E-state index is 0. The maximum atomic E-state index is 12.6. The zero-order valence-electron chi connectivity index (χ0n) is 13.6. The van der Waals surface area contributed by atoms with Crippen LogP contribution in [0.1, 0.15) is 24.4 Å². The standard InChI is InChI=1S/C15H18F6N2O.2ClH/c16-14(17,18)6-5-12(23-9-7-22-8-10-23)11-3-1-2-4-13(11)24-15(19,20)21;;/h1-4,12,22H,5-10H2;2*1H/t12-;;/m0../s1. The number of piperazine rings is 1. The van der Waals surface area contributed by atoms with E-state index in [0.29, 0.717) is 26.2 Å². The molecule has 152 valence electrons. The Bertz CT molecular complexity index is 536. The summed E-state index contributed by atoms with van der Waals surface area (Å²) in [6, 6.07) is 4.60. The van der Waals surface area contributed by atoms with E-state index >= 15 is 0 Å². The van der Waals surface area contributed by atoms with Crippen molar-refractivity contribution in [3.8, 4) is 5.75 Å². The van der Waals surface area contributed by atoms with Crippen LogP contribution in [0.2, 0.25) is 0 Å². The quantitative estimate of drug-likeness (QED) is 0.686. The zero-order chi connectivity index (χ0) is 17.8. The maximum absolute atomic E-state index is 12.6. The molecular weight excluding hydrogens is 409 g/mol. The Morgan fingerprint density at radius 1 is 1.00 bits per heavy atom. The van der Waals surface area contributed by atoms with E-state index in [1.807, 2.05) is 0 Å². The number of benzene rings is 1. The molecular formula is C15H20Cl2F6N2O. The van der Waals surface area contributed by atoms with Crippen LogP contribution in [0.5, 0.6) is 5.75 Å². The first kappa shape index (κ1) is 25.1. The summed E-state index contributed by atoms with van der Waals surface area (Å²) in [5.41, 5.74) is 0.126. The van der Waals surface area contributed by atoms with Crippen LogP contribution in [0.15, 0.2) is 24.3 Å². The molecule has 0 aliphatic carbocycles. The summed E-state index contributed by atoms with van der Waals surface area (Å²) in [5, 5.41) is 3.07. The molecule has 1 aromatic carbocycles. The summed E-state index contributed by atoms with van der Waals surface area (Å²) in [6.07, 6.45) is -10.6. The molecule has 1 aliphatic rings. The molecule has 1 saturated heterocycles. The second-order valence-electron chi connectivity index (χ2n) is 5.54. The van der Waals surface area contributed by atoms with E-state index < -0.39 is 30.8 Å². The summed E-state index contributed by atoms with van der Waals surface area (Å²) in [4.78, 5) is 1.76. The highest BCUT2D eigenvalue weighted by Gasteiger charge is 2.35. The van der Waals surface area contributed by atoms with Crippen LogP contribution < -0.4 is 10.1 Å². The molecule has 0 unspecified atom stereocenters. The molecule has 26 heavy (non-hydrogen) atoms. The van der Waals surface area contributed by atoms with Gasteiger partial charge in [0.15, 0.2) is 0 Å². The van der Waals surface area contributed by atoms with Crippen LogP contribution in [0.25, 0.3) is 0 Å². The van der Waals surface area contributed by atoms with Gasteiger partial charge in [0.1, 0.15) is 5.75 Å². The van der Waals surface area contributed by atoms with Crippen LogP contribution in [-0.4, -0.2) is 43.6 Å². The molecule has 0 bridgehead atoms. The van der Waals surface area contributed by atoms with Gasteiger partial charge in [-0.3, -0.25) is 4.90 Å². The van der Waals surface area contributed by atoms with Crippen LogP contribution in [-0.2, 0) is 0 Å². The van der Waals surface area contributed by atoms with E-state index in [-0.39, 0.29) is 36.8 Å². The molecule has 1 fully saturated rings. The topological polar surface area (TPSA) is 24.5 Å². The minimum Gasteiger partial charge on any atom is -0.405 e. The lowest BCUT2D eigenvalue weighted by Crippen LogP contribution is -2.45. The first-order valence-electron chi connectivity index (χ1n) is 7.52. The molecule has 0 saturated carbocycles. The summed E-state index contributed by atoms with van der Waals surface area (Å²) in [5.74, 6) is -0.448. The van der Waals surface area contributed by atoms with Crippen molar-refractivity contribution >= 4 is 24.8 Å². The highest BCUT2D eigenvalue weighted by atomic mass is 35.5. The van der Waals surface area contributed by atoms with Gasteiger partial charge in [-0.15, -0.1) is 38.0 Å². The molecule has 0 aromatic heterocycles. The Morgan fingerprint density at radius 2 is 1.58 bits per heavy atom. The van der Waals surface area contributed by atoms with Crippen molar-refractivity contribution in [1.29, 1.82) is 0 Å². The SMILES string of the molecule is Cl.Cl.FC(F)(F)CC[C@@H](c1ccccc1OC(F)(F)F)N1CCNCC1. The van der Waals surface area contributed by atoms with Crippen molar-refractivity contribution < 1.29 is 31.1 Å². The molecule has 1 aromatic rings. The fraction of sp³-hybridized carbons (Fsp3) is 0.600. The third-order valence-electron chi connectivity index (χ3n) is 3.80. The van der Waals surface area contributed by atoms with Gasteiger partial charge in [0.05, 0.1) is 0 Å². The lowest BCUT2D eigenvalue weighted by Gasteiger charge is -2.36. The predicted molar refractivity (Wildman–Crippen MR) is 90.1 cm³/mol. The molecule has 0 radical (unpaired) electrons. The van der Waals surface area contributed by atoms with E-state index in [4.69, 9.17) is 0 Å². The van der Waals surface area contributed by atoms with E-state index in [0.717, 1.165) is 6.07 Å². The molecule has 1 heterocycles. The van der Waals surface area contributed by atoms with Gasteiger partial charge in [-0.1, -0.05) is 18.2 Å². The van der Waals surface area contributed by atoms with Gasteiger partial charge >= 0.3 is 12.5 Å². The van der Waals surface area contributed by atoms with E-state index in [9.17, 15) is 26.3 Å². The average molecular weight is 429 g/mol. The number of hydrogen-bond donors (Lipinski definition) is 1. The first-order valence-corrected chi connectivity index (χ1v) is 7.52. The molecule has 2 rings (SSSR count). The van der Waals surface area contributed by atoms with Crippen molar-refractivity contribution in [3.05, 3.63) is 29.8 Å². The van der Waals surface area contributed by atoms with Crippen LogP contribution >= 0.6 is 24.8 Å². The number of hydrogen-bond acceptors (Lipinski definition) is 3. The Hall–Kier alpha value is -0.900. The zero-order valence-corrected chi connectivity index (χ0v) is 15.2. The summed E-state index contributed by atoms with van der Waals surface area (Å²) in [7, 11) is 0. The highest BCUT2D eigenvalue weighted by Crippen LogP contribution is 2.37. The van der Waals surface area contributed by atoms with Crippen molar-refractivity contribution in [2.45, 2.75) is 31.4 Å². The molecule has 0 amide bonds. The third-order valence-corrected chi connectivity index (χ3v) is 3.80. The van der Waals surface area contributed by atoms with Crippen LogP contribution in [0, 0.1) is 0 Å².